The third kappa shape index (κ3) is 4.18. The minimum absolute atomic E-state index is 0.0213. The minimum Gasteiger partial charge on any atom is -0.372 e. The molecule has 1 N–H and O–H groups in total. The molecule has 8 heteroatoms. The molecule has 5 rings (SSSR count). The molecule has 3 aromatic rings. The molecule has 1 aliphatic heterocycles. The van der Waals surface area contributed by atoms with Crippen LogP contribution in [0.1, 0.15) is 31.7 Å². The van der Waals surface area contributed by atoms with Gasteiger partial charge in [-0.3, -0.25) is 9.36 Å². The van der Waals surface area contributed by atoms with Crippen LogP contribution in [0.3, 0.4) is 0 Å². The predicted molar refractivity (Wildman–Crippen MR) is 119 cm³/mol. The predicted octanol–water partition coefficient (Wildman–Crippen LogP) is 4.67. The van der Waals surface area contributed by atoms with E-state index in [1.165, 1.54) is 30.3 Å². The average Bonchev–Trinajstić information content (AvgIpc) is 3.18. The molecular weight excluding hydrogens is 402 g/mol. The summed E-state index contributed by atoms with van der Waals surface area (Å²) in [7, 11) is 0. The smallest absolute Gasteiger partial charge is 0.234 e. The number of thioether (sulfide) groups is 1. The van der Waals surface area contributed by atoms with Crippen molar-refractivity contribution in [3.05, 3.63) is 41.8 Å². The van der Waals surface area contributed by atoms with Crippen LogP contribution in [0.2, 0.25) is 0 Å². The Kier molecular flexibility index (Phi) is 5.28. The SMILES string of the molecule is O=C(CSc1nnc(-c2cccs2)n1C1CC1)Nc1ccc(N2CCCC2)cc1. The third-order valence-electron chi connectivity index (χ3n) is 5.27. The summed E-state index contributed by atoms with van der Waals surface area (Å²) in [6.07, 6.45) is 4.82. The molecule has 2 fully saturated rings. The van der Waals surface area contributed by atoms with Crippen LogP contribution in [-0.2, 0) is 4.79 Å². The number of nitrogens with zero attached hydrogens (tertiary/aromatic N) is 4. The summed E-state index contributed by atoms with van der Waals surface area (Å²) in [5.74, 6) is 1.22. The number of carbonyl (C=O) groups excluding carboxylic acids is 1. The zero-order chi connectivity index (χ0) is 19.6. The van der Waals surface area contributed by atoms with Gasteiger partial charge in [0.2, 0.25) is 5.91 Å². The van der Waals surface area contributed by atoms with Crippen molar-refractivity contribution in [1.82, 2.24) is 14.8 Å². The number of hydrogen-bond donors (Lipinski definition) is 1. The molecule has 150 valence electrons. The maximum absolute atomic E-state index is 12.5. The fourth-order valence-corrected chi connectivity index (χ4v) is 5.18. The van der Waals surface area contributed by atoms with Crippen LogP contribution >= 0.6 is 23.1 Å². The number of aromatic nitrogens is 3. The molecule has 2 aliphatic rings. The van der Waals surface area contributed by atoms with Crippen molar-refractivity contribution < 1.29 is 4.79 Å². The lowest BCUT2D eigenvalue weighted by atomic mass is 10.2. The summed E-state index contributed by atoms with van der Waals surface area (Å²) in [5.41, 5.74) is 2.06. The quantitative estimate of drug-likeness (QED) is 0.557. The molecule has 0 radical (unpaired) electrons. The molecular formula is C21H23N5OS2. The molecule has 3 heterocycles. The number of hydrogen-bond acceptors (Lipinski definition) is 6. The number of rotatable bonds is 7. The summed E-state index contributed by atoms with van der Waals surface area (Å²) < 4.78 is 2.20. The Bertz CT molecular complexity index is 973. The lowest BCUT2D eigenvalue weighted by Crippen LogP contribution is -2.18. The summed E-state index contributed by atoms with van der Waals surface area (Å²) >= 11 is 3.13. The van der Waals surface area contributed by atoms with Crippen LogP contribution in [0.15, 0.2) is 46.9 Å². The molecule has 1 aromatic carbocycles. The van der Waals surface area contributed by atoms with Crippen molar-refractivity contribution in [1.29, 1.82) is 0 Å². The molecule has 0 atom stereocenters. The van der Waals surface area contributed by atoms with E-state index >= 15 is 0 Å². The van der Waals surface area contributed by atoms with Gasteiger partial charge in [0.1, 0.15) is 0 Å². The van der Waals surface area contributed by atoms with Gasteiger partial charge in [0.25, 0.3) is 0 Å². The molecule has 1 saturated carbocycles. The van der Waals surface area contributed by atoms with Gasteiger partial charge < -0.3 is 10.2 Å². The highest BCUT2D eigenvalue weighted by molar-refractivity contribution is 7.99. The van der Waals surface area contributed by atoms with Crippen LogP contribution in [-0.4, -0.2) is 39.5 Å². The van der Waals surface area contributed by atoms with Crippen molar-refractivity contribution in [2.75, 3.05) is 29.1 Å². The largest absolute Gasteiger partial charge is 0.372 e. The van der Waals surface area contributed by atoms with Gasteiger partial charge in [-0.15, -0.1) is 21.5 Å². The number of benzene rings is 1. The van der Waals surface area contributed by atoms with Crippen LogP contribution in [0, 0.1) is 0 Å². The number of anilines is 2. The molecule has 29 heavy (non-hydrogen) atoms. The molecule has 6 nitrogen and oxygen atoms in total. The Hall–Kier alpha value is -2.32. The van der Waals surface area contributed by atoms with Crippen molar-refractivity contribution in [2.24, 2.45) is 0 Å². The molecule has 0 spiro atoms. The Balaban J connectivity index is 1.21. The molecule has 1 aliphatic carbocycles. The van der Waals surface area contributed by atoms with E-state index in [1.807, 2.05) is 18.2 Å². The zero-order valence-corrected chi connectivity index (χ0v) is 17.7. The molecule has 0 unspecified atom stereocenters. The van der Waals surface area contributed by atoms with Gasteiger partial charge in [0, 0.05) is 30.5 Å². The highest BCUT2D eigenvalue weighted by Crippen LogP contribution is 2.41. The van der Waals surface area contributed by atoms with E-state index in [0.717, 1.165) is 47.5 Å². The zero-order valence-electron chi connectivity index (χ0n) is 16.1. The first-order chi connectivity index (χ1) is 14.3. The lowest BCUT2D eigenvalue weighted by Gasteiger charge is -2.17. The van der Waals surface area contributed by atoms with Gasteiger partial charge in [0.05, 0.1) is 10.6 Å². The minimum atomic E-state index is -0.0213. The van der Waals surface area contributed by atoms with E-state index in [-0.39, 0.29) is 5.91 Å². The Morgan fingerprint density at radius 2 is 1.93 bits per heavy atom. The molecule has 2 aromatic heterocycles. The Labute approximate surface area is 178 Å². The normalized spacial score (nSPS) is 16.3. The Morgan fingerprint density at radius 1 is 1.14 bits per heavy atom. The maximum atomic E-state index is 12.5. The van der Waals surface area contributed by atoms with Crippen molar-refractivity contribution >= 4 is 40.4 Å². The van der Waals surface area contributed by atoms with Crippen molar-refractivity contribution in [3.63, 3.8) is 0 Å². The summed E-state index contributed by atoms with van der Waals surface area (Å²) in [5, 5.41) is 14.6. The topological polar surface area (TPSA) is 63.1 Å². The monoisotopic (exact) mass is 425 g/mol. The van der Waals surface area contributed by atoms with Gasteiger partial charge in [-0.25, -0.2) is 0 Å². The van der Waals surface area contributed by atoms with Crippen molar-refractivity contribution in [3.8, 4) is 10.7 Å². The molecule has 1 saturated heterocycles. The van der Waals surface area contributed by atoms with Crippen LogP contribution in [0.25, 0.3) is 10.7 Å². The fraction of sp³-hybridized carbons (Fsp3) is 0.381. The highest BCUT2D eigenvalue weighted by atomic mass is 32.2. The summed E-state index contributed by atoms with van der Waals surface area (Å²) in [6.45, 7) is 2.25. The second-order valence-corrected chi connectivity index (χ2v) is 9.35. The number of carbonyl (C=O) groups is 1. The number of amides is 1. The van der Waals surface area contributed by atoms with Gasteiger partial charge in [-0.1, -0.05) is 17.8 Å². The average molecular weight is 426 g/mol. The van der Waals surface area contributed by atoms with Gasteiger partial charge in [-0.2, -0.15) is 0 Å². The van der Waals surface area contributed by atoms with E-state index in [2.05, 4.69) is 48.6 Å². The molecule has 1 amide bonds. The lowest BCUT2D eigenvalue weighted by molar-refractivity contribution is -0.113. The van der Waals surface area contributed by atoms with E-state index < -0.39 is 0 Å². The fourth-order valence-electron chi connectivity index (χ4n) is 3.67. The van der Waals surface area contributed by atoms with Crippen molar-refractivity contribution in [2.45, 2.75) is 36.9 Å². The third-order valence-corrected chi connectivity index (χ3v) is 7.08. The van der Waals surface area contributed by atoms with Crippen LogP contribution in [0.4, 0.5) is 11.4 Å². The number of nitrogens with one attached hydrogen (secondary N) is 1. The number of thiophene rings is 1. The van der Waals surface area contributed by atoms with Gasteiger partial charge in [0.15, 0.2) is 11.0 Å². The Morgan fingerprint density at radius 3 is 2.62 bits per heavy atom. The van der Waals surface area contributed by atoms with E-state index in [0.29, 0.717) is 11.8 Å². The first-order valence-electron chi connectivity index (χ1n) is 10.0. The second kappa shape index (κ2) is 8.20. The van der Waals surface area contributed by atoms with Gasteiger partial charge >= 0.3 is 0 Å². The first kappa shape index (κ1) is 18.7. The first-order valence-corrected chi connectivity index (χ1v) is 11.9. The van der Waals surface area contributed by atoms with E-state index in [1.54, 1.807) is 11.3 Å². The van der Waals surface area contributed by atoms with E-state index in [4.69, 9.17) is 0 Å². The summed E-state index contributed by atoms with van der Waals surface area (Å²) in [4.78, 5) is 16.0. The van der Waals surface area contributed by atoms with Crippen LogP contribution < -0.4 is 10.2 Å². The van der Waals surface area contributed by atoms with Gasteiger partial charge in [-0.05, 0) is 61.4 Å². The molecule has 0 bridgehead atoms. The van der Waals surface area contributed by atoms with E-state index in [9.17, 15) is 4.79 Å². The van der Waals surface area contributed by atoms with Crippen LogP contribution in [0.5, 0.6) is 0 Å². The highest BCUT2D eigenvalue weighted by Gasteiger charge is 2.30. The standard InChI is InChI=1S/C21H23N5OS2/c27-19(22-15-5-7-16(8-6-15)25-11-1-2-12-25)14-29-21-24-23-20(18-4-3-13-28-18)26(21)17-9-10-17/h3-8,13,17H,1-2,9-12,14H2,(H,22,27). The second-order valence-electron chi connectivity index (χ2n) is 7.46. The maximum Gasteiger partial charge on any atom is 0.234 e. The summed E-state index contributed by atoms with van der Waals surface area (Å²) in [6, 6.07) is 12.7.